The van der Waals surface area contributed by atoms with Crippen LogP contribution in [0.4, 0.5) is 20.7 Å². The molecule has 10 heteroatoms. The number of anilines is 2. The minimum atomic E-state index is -0.675. The molecule has 1 saturated carbocycles. The van der Waals surface area contributed by atoms with E-state index < -0.39 is 17.9 Å². The summed E-state index contributed by atoms with van der Waals surface area (Å²) in [5.41, 5.74) is 6.18. The standard InChI is InChI=1S/C19H21FN6O3/c1-23-19(28)29-14-6-7-16(11(8-14)9-21)26-10-15(17(22)27)18(25-26)24-13-4-2-12(20)3-5-13/h2-5,10-11,14,16H,6-8H2,1H3,(H2,22,27)(H,23,28)(H,24,25)/t11-,14+,16+/m1/s1. The Bertz CT molecular complexity index is 936. The van der Waals surface area contributed by atoms with Crippen molar-refractivity contribution in [1.82, 2.24) is 15.1 Å². The highest BCUT2D eigenvalue weighted by Gasteiger charge is 2.35. The molecule has 1 fully saturated rings. The van der Waals surface area contributed by atoms with E-state index in [1.54, 1.807) is 4.68 Å². The molecular weight excluding hydrogens is 379 g/mol. The van der Waals surface area contributed by atoms with E-state index in [9.17, 15) is 19.2 Å². The molecular formula is C19H21FN6O3. The number of benzene rings is 1. The molecule has 0 unspecified atom stereocenters. The highest BCUT2D eigenvalue weighted by Crippen LogP contribution is 2.36. The van der Waals surface area contributed by atoms with Gasteiger partial charge in [-0.3, -0.25) is 9.48 Å². The number of amides is 2. The molecule has 2 amide bonds. The fourth-order valence-corrected chi connectivity index (χ4v) is 3.39. The van der Waals surface area contributed by atoms with Gasteiger partial charge >= 0.3 is 6.09 Å². The highest BCUT2D eigenvalue weighted by atomic mass is 19.1. The van der Waals surface area contributed by atoms with E-state index in [2.05, 4.69) is 21.8 Å². The highest BCUT2D eigenvalue weighted by molar-refractivity contribution is 5.98. The SMILES string of the molecule is CNC(=O)O[C@H]1CC[C@H](n2cc(C(N)=O)c(Nc3ccc(F)cc3)n2)[C@@H](C#N)C1. The number of primary amides is 1. The number of carbonyl (C=O) groups is 2. The minimum absolute atomic E-state index is 0.162. The van der Waals surface area contributed by atoms with Gasteiger partial charge in [0.1, 0.15) is 17.5 Å². The fraction of sp³-hybridized carbons (Fsp3) is 0.368. The smallest absolute Gasteiger partial charge is 0.407 e. The predicted octanol–water partition coefficient (Wildman–Crippen LogP) is 2.45. The molecule has 1 aliphatic rings. The maximum Gasteiger partial charge on any atom is 0.407 e. The van der Waals surface area contributed by atoms with Gasteiger partial charge in [0, 0.05) is 25.4 Å². The zero-order valence-corrected chi connectivity index (χ0v) is 15.8. The molecule has 1 aliphatic carbocycles. The number of nitriles is 1. The van der Waals surface area contributed by atoms with E-state index in [-0.39, 0.29) is 29.3 Å². The monoisotopic (exact) mass is 400 g/mol. The summed E-state index contributed by atoms with van der Waals surface area (Å²) in [5.74, 6) is -1.29. The third kappa shape index (κ3) is 4.63. The number of alkyl carbamates (subject to hydrolysis) is 1. The Morgan fingerprint density at radius 1 is 1.34 bits per heavy atom. The van der Waals surface area contributed by atoms with Crippen LogP contribution in [-0.4, -0.2) is 34.9 Å². The summed E-state index contributed by atoms with van der Waals surface area (Å²) in [7, 11) is 1.47. The average Bonchev–Trinajstić information content (AvgIpc) is 3.13. The van der Waals surface area contributed by atoms with Crippen molar-refractivity contribution in [2.24, 2.45) is 11.7 Å². The second-order valence-electron chi connectivity index (χ2n) is 6.76. The quantitative estimate of drug-likeness (QED) is 0.705. The Labute approximate surface area is 166 Å². The molecule has 1 aromatic heterocycles. The Morgan fingerprint density at radius 3 is 2.69 bits per heavy atom. The van der Waals surface area contributed by atoms with Crippen LogP contribution < -0.4 is 16.4 Å². The van der Waals surface area contributed by atoms with E-state index in [0.717, 1.165) is 0 Å². The summed E-state index contributed by atoms with van der Waals surface area (Å²) in [6.45, 7) is 0. The number of carbonyl (C=O) groups excluding carboxylic acids is 2. The first-order chi connectivity index (χ1) is 13.9. The molecule has 1 aromatic carbocycles. The summed E-state index contributed by atoms with van der Waals surface area (Å²) in [6.07, 6.45) is 2.06. The molecule has 0 radical (unpaired) electrons. The third-order valence-electron chi connectivity index (χ3n) is 4.85. The number of nitrogens with one attached hydrogen (secondary N) is 2. The fourth-order valence-electron chi connectivity index (χ4n) is 3.39. The van der Waals surface area contributed by atoms with Crippen LogP contribution in [0.15, 0.2) is 30.5 Å². The number of rotatable bonds is 5. The van der Waals surface area contributed by atoms with Crippen molar-refractivity contribution in [3.05, 3.63) is 41.8 Å². The van der Waals surface area contributed by atoms with Crippen LogP contribution in [0.5, 0.6) is 0 Å². The van der Waals surface area contributed by atoms with Gasteiger partial charge in [-0.15, -0.1) is 0 Å². The normalized spacial score (nSPS) is 21.1. The number of halogens is 1. The van der Waals surface area contributed by atoms with Crippen molar-refractivity contribution in [3.63, 3.8) is 0 Å². The van der Waals surface area contributed by atoms with E-state index in [1.165, 1.54) is 37.5 Å². The molecule has 152 valence electrons. The summed E-state index contributed by atoms with van der Waals surface area (Å²) in [6, 6.07) is 7.52. The van der Waals surface area contributed by atoms with Gasteiger partial charge in [-0.25, -0.2) is 9.18 Å². The molecule has 0 saturated heterocycles. The predicted molar refractivity (Wildman–Crippen MR) is 102 cm³/mol. The molecule has 1 heterocycles. The van der Waals surface area contributed by atoms with Crippen molar-refractivity contribution < 1.29 is 18.7 Å². The Hall–Kier alpha value is -3.61. The zero-order chi connectivity index (χ0) is 21.0. The molecule has 0 aliphatic heterocycles. The van der Waals surface area contributed by atoms with Crippen LogP contribution in [0.25, 0.3) is 0 Å². The number of nitrogens with two attached hydrogens (primary N) is 1. The van der Waals surface area contributed by atoms with Crippen LogP contribution in [-0.2, 0) is 4.74 Å². The first-order valence-electron chi connectivity index (χ1n) is 9.10. The maximum atomic E-state index is 13.1. The van der Waals surface area contributed by atoms with Crippen molar-refractivity contribution in [3.8, 4) is 6.07 Å². The van der Waals surface area contributed by atoms with Gasteiger partial charge in [0.2, 0.25) is 0 Å². The molecule has 0 bridgehead atoms. The van der Waals surface area contributed by atoms with Gasteiger partial charge in [-0.2, -0.15) is 10.4 Å². The number of hydrogen-bond donors (Lipinski definition) is 3. The lowest BCUT2D eigenvalue weighted by Gasteiger charge is -2.32. The second kappa shape index (κ2) is 8.60. The van der Waals surface area contributed by atoms with Gasteiger partial charge in [0.05, 0.1) is 18.0 Å². The largest absolute Gasteiger partial charge is 0.446 e. The molecule has 2 aromatic rings. The zero-order valence-electron chi connectivity index (χ0n) is 15.8. The van der Waals surface area contributed by atoms with E-state index in [0.29, 0.717) is 24.9 Å². The molecule has 3 rings (SSSR count). The lowest BCUT2D eigenvalue weighted by molar-refractivity contribution is 0.0528. The van der Waals surface area contributed by atoms with E-state index >= 15 is 0 Å². The lowest BCUT2D eigenvalue weighted by Crippen LogP contribution is -2.34. The van der Waals surface area contributed by atoms with Crippen molar-refractivity contribution in [2.45, 2.75) is 31.4 Å². The minimum Gasteiger partial charge on any atom is -0.446 e. The first-order valence-corrected chi connectivity index (χ1v) is 9.10. The third-order valence-corrected chi connectivity index (χ3v) is 4.85. The van der Waals surface area contributed by atoms with Gasteiger partial charge in [0.15, 0.2) is 5.82 Å². The van der Waals surface area contributed by atoms with Crippen LogP contribution in [0.1, 0.15) is 35.7 Å². The van der Waals surface area contributed by atoms with Crippen LogP contribution in [0, 0.1) is 23.1 Å². The van der Waals surface area contributed by atoms with Gasteiger partial charge in [-0.05, 0) is 37.1 Å². The summed E-state index contributed by atoms with van der Waals surface area (Å²) < 4.78 is 19.9. The lowest BCUT2D eigenvalue weighted by atomic mass is 9.83. The number of ether oxygens (including phenoxy) is 1. The van der Waals surface area contributed by atoms with Crippen LogP contribution in [0.2, 0.25) is 0 Å². The van der Waals surface area contributed by atoms with Crippen LogP contribution >= 0.6 is 0 Å². The van der Waals surface area contributed by atoms with Gasteiger partial charge in [-0.1, -0.05) is 0 Å². The van der Waals surface area contributed by atoms with Crippen LogP contribution in [0.3, 0.4) is 0 Å². The number of hydrogen-bond acceptors (Lipinski definition) is 6. The second-order valence-corrected chi connectivity index (χ2v) is 6.76. The molecule has 4 N–H and O–H groups in total. The Kier molecular flexibility index (Phi) is 5.97. The van der Waals surface area contributed by atoms with Crippen molar-refractivity contribution >= 4 is 23.5 Å². The molecule has 0 spiro atoms. The number of nitrogens with zero attached hydrogens (tertiary/aromatic N) is 3. The molecule has 29 heavy (non-hydrogen) atoms. The molecule has 3 atom stereocenters. The summed E-state index contributed by atoms with van der Waals surface area (Å²) in [4.78, 5) is 23.3. The molecule has 9 nitrogen and oxygen atoms in total. The Balaban J connectivity index is 1.81. The topological polar surface area (TPSA) is 135 Å². The van der Waals surface area contributed by atoms with Crippen molar-refractivity contribution in [2.75, 3.05) is 12.4 Å². The van der Waals surface area contributed by atoms with Gasteiger partial charge in [0.25, 0.3) is 5.91 Å². The summed E-state index contributed by atoms with van der Waals surface area (Å²) in [5, 5.41) is 19.4. The summed E-state index contributed by atoms with van der Waals surface area (Å²) >= 11 is 0. The maximum absolute atomic E-state index is 13.1. The first kappa shape index (κ1) is 20.1. The van der Waals surface area contributed by atoms with Gasteiger partial charge < -0.3 is 21.1 Å². The van der Waals surface area contributed by atoms with E-state index in [1.807, 2.05) is 0 Å². The average molecular weight is 400 g/mol. The van der Waals surface area contributed by atoms with Crippen molar-refractivity contribution in [1.29, 1.82) is 5.26 Å². The number of aromatic nitrogens is 2. The Morgan fingerprint density at radius 2 is 2.07 bits per heavy atom. The van der Waals surface area contributed by atoms with E-state index in [4.69, 9.17) is 10.5 Å².